The van der Waals surface area contributed by atoms with Crippen molar-refractivity contribution in [1.82, 2.24) is 0 Å². The van der Waals surface area contributed by atoms with Crippen LogP contribution in [0, 0.1) is 17.8 Å². The quantitative estimate of drug-likeness (QED) is 0.628. The van der Waals surface area contributed by atoms with Crippen LogP contribution in [0.1, 0.15) is 32.3 Å². The third-order valence-electron chi connectivity index (χ3n) is 5.38. The van der Waals surface area contributed by atoms with Crippen LogP contribution >= 0.6 is 0 Å². The number of hydrogen-bond acceptors (Lipinski definition) is 3. The number of hydrogen-bond donors (Lipinski definition) is 0. The van der Waals surface area contributed by atoms with Gasteiger partial charge in [0.1, 0.15) is 14.5 Å². The number of esters is 1. The molecule has 1 aromatic rings. The van der Waals surface area contributed by atoms with Crippen molar-refractivity contribution in [3.8, 4) is 0 Å². The van der Waals surface area contributed by atoms with E-state index in [2.05, 4.69) is 21.7 Å². The van der Waals surface area contributed by atoms with Crippen LogP contribution in [0.3, 0.4) is 0 Å². The van der Waals surface area contributed by atoms with Crippen molar-refractivity contribution in [2.75, 3.05) is 0 Å². The molecule has 1 unspecified atom stereocenters. The first-order chi connectivity index (χ1) is 10.0. The number of ether oxygens (including phenoxy) is 2. The third kappa shape index (κ3) is 2.62. The van der Waals surface area contributed by atoms with Gasteiger partial charge >= 0.3 is 5.97 Å². The molecular formula is C17H23BO3. The molecule has 5 atom stereocenters. The first kappa shape index (κ1) is 14.6. The molecule has 4 heteroatoms. The van der Waals surface area contributed by atoms with Crippen molar-refractivity contribution < 1.29 is 14.3 Å². The Bertz CT molecular complexity index is 504. The predicted octanol–water partition coefficient (Wildman–Crippen LogP) is 2.14. The van der Waals surface area contributed by atoms with Gasteiger partial charge in [0.2, 0.25) is 0 Å². The molecule has 2 aliphatic rings. The van der Waals surface area contributed by atoms with Crippen LogP contribution in [0.25, 0.3) is 0 Å². The lowest BCUT2D eigenvalue weighted by molar-refractivity contribution is -0.154. The Hall–Kier alpha value is -1.29. The van der Waals surface area contributed by atoms with Crippen LogP contribution in [0.2, 0.25) is 0 Å². The molecule has 1 saturated carbocycles. The Morgan fingerprint density at radius 3 is 2.71 bits per heavy atom. The van der Waals surface area contributed by atoms with E-state index in [1.165, 1.54) is 0 Å². The van der Waals surface area contributed by atoms with E-state index in [1.807, 2.05) is 30.3 Å². The largest absolute Gasteiger partial charge is 0.461 e. The smallest absolute Gasteiger partial charge is 0.309 e. The molecule has 1 heterocycles. The van der Waals surface area contributed by atoms with Gasteiger partial charge in [-0.05, 0) is 29.7 Å². The van der Waals surface area contributed by atoms with Crippen molar-refractivity contribution in [1.29, 1.82) is 0 Å². The van der Waals surface area contributed by atoms with Crippen LogP contribution in [-0.2, 0) is 20.9 Å². The Kier molecular flexibility index (Phi) is 3.83. The van der Waals surface area contributed by atoms with Crippen molar-refractivity contribution >= 4 is 13.8 Å². The average molecular weight is 286 g/mol. The molecule has 2 fully saturated rings. The van der Waals surface area contributed by atoms with Gasteiger partial charge in [-0.1, -0.05) is 44.2 Å². The molecule has 0 radical (unpaired) electrons. The third-order valence-corrected chi connectivity index (χ3v) is 5.38. The van der Waals surface area contributed by atoms with Crippen molar-refractivity contribution in [3.05, 3.63) is 35.9 Å². The second kappa shape index (κ2) is 5.49. The summed E-state index contributed by atoms with van der Waals surface area (Å²) >= 11 is 0. The summed E-state index contributed by atoms with van der Waals surface area (Å²) < 4.78 is 11.6. The van der Waals surface area contributed by atoms with E-state index in [-0.39, 0.29) is 17.6 Å². The van der Waals surface area contributed by atoms with Crippen LogP contribution in [0.5, 0.6) is 0 Å². The maximum atomic E-state index is 12.2. The van der Waals surface area contributed by atoms with E-state index >= 15 is 0 Å². The minimum Gasteiger partial charge on any atom is -0.461 e. The molecule has 112 valence electrons. The molecule has 1 aliphatic carbocycles. The Morgan fingerprint density at radius 2 is 2.10 bits per heavy atom. The fourth-order valence-electron chi connectivity index (χ4n) is 4.49. The minimum absolute atomic E-state index is 0.146. The highest BCUT2D eigenvalue weighted by molar-refractivity contribution is 6.11. The van der Waals surface area contributed by atoms with Crippen molar-refractivity contribution in [3.63, 3.8) is 0 Å². The number of carbonyl (C=O) groups excluding carboxylic acids is 1. The molecule has 0 aromatic heterocycles. The predicted molar refractivity (Wildman–Crippen MR) is 83.4 cm³/mol. The molecule has 0 amide bonds. The van der Waals surface area contributed by atoms with Gasteiger partial charge in [-0.3, -0.25) is 4.79 Å². The number of carbonyl (C=O) groups is 1. The highest BCUT2D eigenvalue weighted by Gasteiger charge is 2.59. The Balaban J connectivity index is 1.60. The molecule has 2 bridgehead atoms. The van der Waals surface area contributed by atoms with Gasteiger partial charge in [-0.2, -0.15) is 0 Å². The summed E-state index contributed by atoms with van der Waals surface area (Å²) in [5, 5.41) is 0. The molecule has 1 aromatic carbocycles. The molecule has 3 nitrogen and oxygen atoms in total. The zero-order valence-electron chi connectivity index (χ0n) is 13.0. The molecule has 1 aliphatic heterocycles. The Morgan fingerprint density at radius 1 is 1.38 bits per heavy atom. The maximum absolute atomic E-state index is 12.2. The fraction of sp³-hybridized carbons (Fsp3) is 0.588. The lowest BCUT2D eigenvalue weighted by Gasteiger charge is -2.32. The van der Waals surface area contributed by atoms with Crippen LogP contribution in [0.15, 0.2) is 30.3 Å². The van der Waals surface area contributed by atoms with Gasteiger partial charge < -0.3 is 9.47 Å². The van der Waals surface area contributed by atoms with Gasteiger partial charge in [-0.25, -0.2) is 0 Å². The normalized spacial score (nSPS) is 37.6. The van der Waals surface area contributed by atoms with Gasteiger partial charge in [0.25, 0.3) is 0 Å². The lowest BCUT2D eigenvalue weighted by Crippen LogP contribution is -2.38. The van der Waals surface area contributed by atoms with Gasteiger partial charge in [-0.15, -0.1) is 0 Å². The van der Waals surface area contributed by atoms with E-state index in [0.717, 1.165) is 12.0 Å². The summed E-state index contributed by atoms with van der Waals surface area (Å²) in [4.78, 5) is 12.2. The number of benzene rings is 1. The molecule has 1 saturated heterocycles. The standard InChI is InChI=1S/C17H23BO3/c1-11-8-17(12(2)15(11)16(18)21-17)9-14(19)20-10-13-6-4-3-5-7-13/h3-7,11-12,15-16H,8-10,18H2,1-2H3/t11-,12?,15-,16+,17+/m0/s1. The summed E-state index contributed by atoms with van der Waals surface area (Å²) in [6.07, 6.45) is 1.36. The maximum Gasteiger partial charge on any atom is 0.309 e. The van der Waals surface area contributed by atoms with Crippen molar-refractivity contribution in [2.45, 2.75) is 44.9 Å². The topological polar surface area (TPSA) is 35.5 Å². The summed E-state index contributed by atoms with van der Waals surface area (Å²) in [6, 6.07) is 10.1. The van der Waals surface area contributed by atoms with Gasteiger partial charge in [0.15, 0.2) is 0 Å². The van der Waals surface area contributed by atoms with Crippen LogP contribution < -0.4 is 0 Å². The first-order valence-electron chi connectivity index (χ1n) is 7.89. The van der Waals surface area contributed by atoms with Crippen LogP contribution in [0.4, 0.5) is 0 Å². The molecule has 0 spiro atoms. The molecule has 3 rings (SSSR count). The van der Waals surface area contributed by atoms with E-state index in [4.69, 9.17) is 9.47 Å². The summed E-state index contributed by atoms with van der Waals surface area (Å²) in [5.74, 6) is 1.50. The highest BCUT2D eigenvalue weighted by Crippen LogP contribution is 2.56. The SMILES string of the molecule is B[C@@H]1O[C@@]2(CC(=O)OCc3ccccc3)C[C@H](C)[C@H]1C2C. The highest BCUT2D eigenvalue weighted by atomic mass is 16.5. The van der Waals surface area contributed by atoms with Gasteiger partial charge in [0, 0.05) is 6.00 Å². The van der Waals surface area contributed by atoms with E-state index < -0.39 is 0 Å². The summed E-state index contributed by atoms with van der Waals surface area (Å²) in [6.45, 7) is 4.85. The zero-order chi connectivity index (χ0) is 15.0. The average Bonchev–Trinajstić information content (AvgIpc) is 2.82. The molecular weight excluding hydrogens is 263 g/mol. The number of rotatable bonds is 4. The molecule has 0 N–H and O–H groups in total. The van der Waals surface area contributed by atoms with E-state index in [0.29, 0.717) is 30.8 Å². The monoisotopic (exact) mass is 286 g/mol. The second-order valence-electron chi connectivity index (χ2n) is 6.76. The van der Waals surface area contributed by atoms with Crippen LogP contribution in [-0.4, -0.2) is 25.4 Å². The lowest BCUT2D eigenvalue weighted by atomic mass is 9.78. The van der Waals surface area contributed by atoms with Crippen molar-refractivity contribution in [2.24, 2.45) is 17.8 Å². The number of fused-ring (bicyclic) bond motifs is 2. The zero-order valence-corrected chi connectivity index (χ0v) is 13.0. The fourth-order valence-corrected chi connectivity index (χ4v) is 4.49. The second-order valence-corrected chi connectivity index (χ2v) is 6.76. The molecule has 21 heavy (non-hydrogen) atoms. The van der Waals surface area contributed by atoms with E-state index in [9.17, 15) is 4.79 Å². The summed E-state index contributed by atoms with van der Waals surface area (Å²) in [5.41, 5.74) is 0.729. The minimum atomic E-state index is -0.294. The Labute approximate surface area is 127 Å². The van der Waals surface area contributed by atoms with E-state index in [1.54, 1.807) is 0 Å². The van der Waals surface area contributed by atoms with Gasteiger partial charge in [0.05, 0.1) is 12.0 Å². The first-order valence-corrected chi connectivity index (χ1v) is 7.89. The summed E-state index contributed by atoms with van der Waals surface area (Å²) in [7, 11) is 2.13.